The average Bonchev–Trinajstić information content (AvgIpc) is 3.14. The number of halogens is 2. The quantitative estimate of drug-likeness (QED) is 0.731. The second-order valence-electron chi connectivity index (χ2n) is 7.18. The Morgan fingerprint density at radius 3 is 2.71 bits per heavy atom. The highest BCUT2D eigenvalue weighted by Gasteiger charge is 2.57. The molecule has 0 unspecified atom stereocenters. The molecular weight excluding hydrogens is 318 g/mol. The van der Waals surface area contributed by atoms with Crippen molar-refractivity contribution in [3.63, 3.8) is 0 Å². The van der Waals surface area contributed by atoms with E-state index in [4.69, 9.17) is 4.74 Å². The second kappa shape index (κ2) is 6.43. The van der Waals surface area contributed by atoms with Gasteiger partial charge in [-0.2, -0.15) is 0 Å². The molecule has 2 heterocycles. The number of methoxy groups -OCH3 is 1. The van der Waals surface area contributed by atoms with E-state index in [1.165, 1.54) is 4.90 Å². The third kappa shape index (κ3) is 3.18. The predicted molar refractivity (Wildman–Crippen MR) is 83.5 cm³/mol. The molecule has 2 fully saturated rings. The van der Waals surface area contributed by atoms with E-state index < -0.39 is 24.3 Å². The van der Waals surface area contributed by atoms with Crippen LogP contribution in [0.4, 0.5) is 8.78 Å². The van der Waals surface area contributed by atoms with Gasteiger partial charge >= 0.3 is 0 Å². The molecule has 2 amide bonds. The zero-order chi connectivity index (χ0) is 17.4. The van der Waals surface area contributed by atoms with Crippen molar-refractivity contribution in [2.24, 2.45) is 11.3 Å². The average molecular weight is 342 g/mol. The van der Waals surface area contributed by atoms with Crippen LogP contribution >= 0.6 is 0 Å². The largest absolute Gasteiger partial charge is 0.383 e. The lowest BCUT2D eigenvalue weighted by molar-refractivity contribution is -0.165. The van der Waals surface area contributed by atoms with E-state index >= 15 is 0 Å². The van der Waals surface area contributed by atoms with E-state index in [-0.39, 0.29) is 24.3 Å². The van der Waals surface area contributed by atoms with Crippen molar-refractivity contribution >= 4 is 11.8 Å². The summed E-state index contributed by atoms with van der Waals surface area (Å²) >= 11 is 0. The predicted octanol–water partition coefficient (Wildman–Crippen LogP) is 1.69. The Bertz CT molecular complexity index is 544. The number of piperidine rings is 1. The van der Waals surface area contributed by atoms with Crippen LogP contribution in [0.5, 0.6) is 0 Å². The van der Waals surface area contributed by atoms with Crippen LogP contribution in [-0.2, 0) is 14.3 Å². The molecule has 5 nitrogen and oxygen atoms in total. The fraction of sp³-hybridized carbons (Fsp3) is 0.765. The summed E-state index contributed by atoms with van der Waals surface area (Å²) in [6.45, 7) is 0.776. The number of carbonyl (C=O) groups is 2. The molecule has 0 N–H and O–H groups in total. The minimum Gasteiger partial charge on any atom is -0.383 e. The van der Waals surface area contributed by atoms with E-state index in [9.17, 15) is 18.4 Å². The summed E-state index contributed by atoms with van der Waals surface area (Å²) in [4.78, 5) is 28.2. The van der Waals surface area contributed by atoms with Gasteiger partial charge in [-0.25, -0.2) is 8.78 Å². The summed E-state index contributed by atoms with van der Waals surface area (Å²) in [5.41, 5.74) is -1.14. The Morgan fingerprint density at radius 1 is 1.33 bits per heavy atom. The molecule has 2 aliphatic heterocycles. The monoisotopic (exact) mass is 342 g/mol. The summed E-state index contributed by atoms with van der Waals surface area (Å²) in [5, 5.41) is 0. The highest BCUT2D eigenvalue weighted by molar-refractivity contribution is 5.87. The summed E-state index contributed by atoms with van der Waals surface area (Å²) in [5.74, 6) is -3.78. The highest BCUT2D eigenvalue weighted by atomic mass is 19.3. The molecule has 1 aliphatic carbocycles. The first-order valence-electron chi connectivity index (χ1n) is 8.47. The molecule has 134 valence electrons. The topological polar surface area (TPSA) is 49.9 Å². The van der Waals surface area contributed by atoms with Gasteiger partial charge in [0.2, 0.25) is 11.8 Å². The molecule has 2 saturated heterocycles. The fourth-order valence-electron chi connectivity index (χ4n) is 4.16. The van der Waals surface area contributed by atoms with Crippen LogP contribution in [0.25, 0.3) is 0 Å². The number of allylic oxidation sites excluding steroid dienone is 2. The lowest BCUT2D eigenvalue weighted by atomic mass is 9.76. The number of likely N-dealkylation sites (tertiary alicyclic amines) is 2. The second-order valence-corrected chi connectivity index (χ2v) is 7.18. The maximum Gasteiger partial charge on any atom is 0.266 e. The number of carbonyl (C=O) groups excluding carboxylic acids is 2. The Morgan fingerprint density at radius 2 is 2.04 bits per heavy atom. The number of nitrogens with zero attached hydrogens (tertiary/aromatic N) is 2. The van der Waals surface area contributed by atoms with Crippen LogP contribution < -0.4 is 0 Å². The molecule has 0 saturated carbocycles. The highest BCUT2D eigenvalue weighted by Crippen LogP contribution is 2.46. The Labute approximate surface area is 140 Å². The molecule has 1 spiro atoms. The summed E-state index contributed by atoms with van der Waals surface area (Å²) < 4.78 is 33.7. The lowest BCUT2D eigenvalue weighted by Gasteiger charge is -2.43. The van der Waals surface area contributed by atoms with Crippen LogP contribution in [0.2, 0.25) is 0 Å². The van der Waals surface area contributed by atoms with Gasteiger partial charge in [0.15, 0.2) is 0 Å². The molecule has 3 rings (SSSR count). The Balaban J connectivity index is 1.76. The van der Waals surface area contributed by atoms with E-state index in [0.717, 1.165) is 0 Å². The number of hydrogen-bond acceptors (Lipinski definition) is 3. The van der Waals surface area contributed by atoms with Crippen LogP contribution in [0, 0.1) is 11.3 Å². The molecule has 0 aromatic rings. The summed E-state index contributed by atoms with van der Waals surface area (Å²) in [7, 11) is 1.54. The minimum absolute atomic E-state index is 0.111. The van der Waals surface area contributed by atoms with Gasteiger partial charge in [-0.3, -0.25) is 9.59 Å². The molecule has 0 aromatic carbocycles. The molecule has 1 atom stereocenters. The van der Waals surface area contributed by atoms with E-state index in [1.807, 2.05) is 12.2 Å². The van der Waals surface area contributed by atoms with Crippen LogP contribution in [0.3, 0.4) is 0 Å². The van der Waals surface area contributed by atoms with Crippen molar-refractivity contribution in [3.8, 4) is 0 Å². The van der Waals surface area contributed by atoms with Gasteiger partial charge in [0.1, 0.15) is 0 Å². The van der Waals surface area contributed by atoms with Gasteiger partial charge in [-0.15, -0.1) is 0 Å². The molecule has 0 bridgehead atoms. The van der Waals surface area contributed by atoms with Gasteiger partial charge < -0.3 is 14.5 Å². The molecule has 24 heavy (non-hydrogen) atoms. The Kier molecular flexibility index (Phi) is 4.64. The minimum atomic E-state index is -3.02. The molecule has 7 heteroatoms. The van der Waals surface area contributed by atoms with Gasteiger partial charge in [0.25, 0.3) is 5.92 Å². The number of rotatable bonds is 4. The maximum absolute atomic E-state index is 14.3. The van der Waals surface area contributed by atoms with Crippen molar-refractivity contribution in [2.75, 3.05) is 39.9 Å². The first-order chi connectivity index (χ1) is 11.4. The standard InChI is InChI=1S/C17H24F2N2O3/c1-24-9-8-20-7-6-16(15(20)23)10-17(18,19)12-21(11-16)14(22)13-4-2-3-5-13/h2-3,13H,4-12H2,1H3/t16-/m0/s1. The van der Waals surface area contributed by atoms with E-state index in [1.54, 1.807) is 12.0 Å². The van der Waals surface area contributed by atoms with Crippen LogP contribution in [0.15, 0.2) is 12.2 Å². The van der Waals surface area contributed by atoms with Crippen molar-refractivity contribution in [2.45, 2.75) is 31.6 Å². The van der Waals surface area contributed by atoms with Gasteiger partial charge in [-0.1, -0.05) is 12.2 Å². The van der Waals surface area contributed by atoms with Crippen molar-refractivity contribution in [3.05, 3.63) is 12.2 Å². The maximum atomic E-state index is 14.3. The lowest BCUT2D eigenvalue weighted by Crippen LogP contribution is -2.58. The summed E-state index contributed by atoms with van der Waals surface area (Å²) in [6, 6.07) is 0. The first kappa shape index (κ1) is 17.3. The fourth-order valence-corrected chi connectivity index (χ4v) is 4.16. The number of hydrogen-bond donors (Lipinski definition) is 0. The molecule has 3 aliphatic rings. The van der Waals surface area contributed by atoms with Crippen LogP contribution in [-0.4, -0.2) is 67.4 Å². The van der Waals surface area contributed by atoms with Crippen molar-refractivity contribution in [1.82, 2.24) is 9.80 Å². The smallest absolute Gasteiger partial charge is 0.266 e. The number of amides is 2. The van der Waals surface area contributed by atoms with E-state index in [2.05, 4.69) is 0 Å². The van der Waals surface area contributed by atoms with Gasteiger partial charge in [0.05, 0.1) is 18.6 Å². The third-order valence-electron chi connectivity index (χ3n) is 5.35. The molecular formula is C17H24F2N2O3. The van der Waals surface area contributed by atoms with Crippen molar-refractivity contribution < 1.29 is 23.1 Å². The zero-order valence-corrected chi connectivity index (χ0v) is 14.0. The third-order valence-corrected chi connectivity index (χ3v) is 5.35. The normalized spacial score (nSPS) is 29.9. The number of alkyl halides is 2. The van der Waals surface area contributed by atoms with Gasteiger partial charge in [-0.05, 0) is 19.3 Å². The SMILES string of the molecule is COCCN1CC[C@]2(CN(C(=O)C3CC=CC3)CC(F)(F)C2)C1=O. The molecule has 0 aromatic heterocycles. The zero-order valence-electron chi connectivity index (χ0n) is 14.0. The number of ether oxygens (including phenoxy) is 1. The summed E-state index contributed by atoms with van der Waals surface area (Å²) in [6.07, 6.45) is 4.93. The van der Waals surface area contributed by atoms with E-state index in [0.29, 0.717) is 39.0 Å². The van der Waals surface area contributed by atoms with Crippen molar-refractivity contribution in [1.29, 1.82) is 0 Å². The van der Waals surface area contributed by atoms with Gasteiger partial charge in [0, 0.05) is 39.1 Å². The molecule has 0 radical (unpaired) electrons. The Hall–Kier alpha value is -1.50. The van der Waals surface area contributed by atoms with Crippen LogP contribution in [0.1, 0.15) is 25.7 Å². The first-order valence-corrected chi connectivity index (χ1v) is 8.47.